The molecule has 3 aliphatic heterocycles. The number of hydrogen-bond donors (Lipinski definition) is 0. The van der Waals surface area contributed by atoms with Crippen LogP contribution in [0.15, 0.2) is 0 Å². The van der Waals surface area contributed by atoms with Crippen LogP contribution < -0.4 is 0 Å². The minimum absolute atomic E-state index is 0.157. The first-order valence-corrected chi connectivity index (χ1v) is 8.53. The number of nitrogens with zero attached hydrogens (tertiary/aromatic N) is 3. The van der Waals surface area contributed by atoms with Gasteiger partial charge in [0.05, 0.1) is 6.54 Å². The van der Waals surface area contributed by atoms with Gasteiger partial charge in [0.15, 0.2) is 0 Å². The molecule has 5 heteroatoms. The van der Waals surface area contributed by atoms with Gasteiger partial charge in [0.25, 0.3) is 0 Å². The maximum absolute atomic E-state index is 12.6. The largest absolute Gasteiger partial charge is 0.337 e. The maximum atomic E-state index is 12.6. The van der Waals surface area contributed by atoms with Crippen molar-refractivity contribution in [1.82, 2.24) is 14.7 Å². The van der Waals surface area contributed by atoms with Crippen LogP contribution in [0.2, 0.25) is 0 Å². The Morgan fingerprint density at radius 2 is 1.76 bits per heavy atom. The highest BCUT2D eigenvalue weighted by Crippen LogP contribution is 2.21. The summed E-state index contributed by atoms with van der Waals surface area (Å²) in [5, 5.41) is 0. The van der Waals surface area contributed by atoms with Crippen molar-refractivity contribution in [2.45, 2.75) is 51.0 Å². The molecule has 3 heterocycles. The molecular weight excluding hydrogens is 266 g/mol. The second-order valence-electron chi connectivity index (χ2n) is 6.66. The molecule has 0 unspecified atom stereocenters. The van der Waals surface area contributed by atoms with Gasteiger partial charge in [-0.25, -0.2) is 0 Å². The van der Waals surface area contributed by atoms with E-state index in [1.54, 1.807) is 4.90 Å². The molecule has 0 aromatic heterocycles. The third-order valence-corrected chi connectivity index (χ3v) is 5.11. The van der Waals surface area contributed by atoms with E-state index in [4.69, 9.17) is 0 Å². The highest BCUT2D eigenvalue weighted by atomic mass is 16.2. The molecule has 3 rings (SSSR count). The van der Waals surface area contributed by atoms with Crippen LogP contribution in [0.1, 0.15) is 44.9 Å². The van der Waals surface area contributed by atoms with Gasteiger partial charge in [-0.1, -0.05) is 0 Å². The summed E-state index contributed by atoms with van der Waals surface area (Å²) in [5.41, 5.74) is 0. The van der Waals surface area contributed by atoms with E-state index in [-0.39, 0.29) is 11.8 Å². The van der Waals surface area contributed by atoms with Crippen molar-refractivity contribution in [1.29, 1.82) is 0 Å². The molecule has 3 fully saturated rings. The molecule has 0 aromatic carbocycles. The van der Waals surface area contributed by atoms with Gasteiger partial charge in [-0.15, -0.1) is 0 Å². The smallest absolute Gasteiger partial charge is 0.242 e. The molecule has 0 spiro atoms. The van der Waals surface area contributed by atoms with Crippen molar-refractivity contribution in [3.8, 4) is 0 Å². The number of piperidine rings is 1. The van der Waals surface area contributed by atoms with E-state index in [1.165, 1.54) is 25.9 Å². The number of carbonyl (C=O) groups is 2. The van der Waals surface area contributed by atoms with Gasteiger partial charge in [0.1, 0.15) is 0 Å². The predicted octanol–water partition coefficient (Wildman–Crippen LogP) is 1.09. The van der Waals surface area contributed by atoms with Crippen LogP contribution in [0, 0.1) is 0 Å². The Bertz CT molecular complexity index is 393. The Labute approximate surface area is 127 Å². The van der Waals surface area contributed by atoms with Crippen molar-refractivity contribution in [2.75, 3.05) is 39.3 Å². The lowest BCUT2D eigenvalue weighted by Crippen LogP contribution is -2.48. The summed E-state index contributed by atoms with van der Waals surface area (Å²) in [5.74, 6) is 0.317. The lowest BCUT2D eigenvalue weighted by Gasteiger charge is -2.32. The van der Waals surface area contributed by atoms with E-state index < -0.39 is 0 Å². The Hall–Kier alpha value is -1.10. The number of likely N-dealkylation sites (tertiary alicyclic amines) is 3. The van der Waals surface area contributed by atoms with Crippen LogP contribution in [0.5, 0.6) is 0 Å². The van der Waals surface area contributed by atoms with Crippen LogP contribution in [0.3, 0.4) is 0 Å². The second kappa shape index (κ2) is 6.77. The molecule has 0 bridgehead atoms. The molecule has 0 aromatic rings. The summed E-state index contributed by atoms with van der Waals surface area (Å²) >= 11 is 0. The highest BCUT2D eigenvalue weighted by Gasteiger charge is 2.32. The maximum Gasteiger partial charge on any atom is 0.242 e. The zero-order valence-electron chi connectivity index (χ0n) is 12.9. The average Bonchev–Trinajstić information content (AvgIpc) is 3.13. The summed E-state index contributed by atoms with van der Waals surface area (Å²) in [6.07, 6.45) is 7.45. The zero-order valence-corrected chi connectivity index (χ0v) is 12.9. The van der Waals surface area contributed by atoms with E-state index in [0.29, 0.717) is 19.0 Å². The molecule has 3 saturated heterocycles. The van der Waals surface area contributed by atoms with Gasteiger partial charge in [0.2, 0.25) is 11.8 Å². The van der Waals surface area contributed by atoms with E-state index in [9.17, 15) is 9.59 Å². The van der Waals surface area contributed by atoms with Crippen molar-refractivity contribution >= 4 is 11.8 Å². The average molecular weight is 293 g/mol. The van der Waals surface area contributed by atoms with E-state index >= 15 is 0 Å². The fraction of sp³-hybridized carbons (Fsp3) is 0.875. The van der Waals surface area contributed by atoms with Gasteiger partial charge >= 0.3 is 0 Å². The molecule has 0 N–H and O–H groups in total. The van der Waals surface area contributed by atoms with E-state index in [1.807, 2.05) is 4.90 Å². The molecule has 0 aliphatic carbocycles. The molecule has 0 radical (unpaired) electrons. The van der Waals surface area contributed by atoms with Crippen molar-refractivity contribution in [2.24, 2.45) is 0 Å². The molecule has 1 atom stereocenters. The quantitative estimate of drug-likeness (QED) is 0.779. The first-order valence-electron chi connectivity index (χ1n) is 8.53. The Balaban J connectivity index is 1.53. The molecule has 3 aliphatic rings. The fourth-order valence-corrected chi connectivity index (χ4v) is 3.90. The minimum Gasteiger partial charge on any atom is -0.337 e. The lowest BCUT2D eigenvalue weighted by atomic mass is 10.1. The Kier molecular flexibility index (Phi) is 4.78. The molecule has 118 valence electrons. The number of amides is 2. The Morgan fingerprint density at radius 3 is 2.52 bits per heavy atom. The van der Waals surface area contributed by atoms with Crippen LogP contribution >= 0.6 is 0 Å². The SMILES string of the molecule is O=C1CCCCN1CC(=O)N1CCC[C@H]1CN1CCCC1. The third-order valence-electron chi connectivity index (χ3n) is 5.11. The zero-order chi connectivity index (χ0) is 14.7. The van der Waals surface area contributed by atoms with Crippen molar-refractivity contribution in [3.05, 3.63) is 0 Å². The van der Waals surface area contributed by atoms with Crippen LogP contribution in [0.4, 0.5) is 0 Å². The third kappa shape index (κ3) is 3.57. The van der Waals surface area contributed by atoms with Gasteiger partial charge in [0, 0.05) is 32.1 Å². The highest BCUT2D eigenvalue weighted by molar-refractivity contribution is 5.85. The molecule has 5 nitrogen and oxygen atoms in total. The van der Waals surface area contributed by atoms with Crippen LogP contribution in [0.25, 0.3) is 0 Å². The summed E-state index contributed by atoms with van der Waals surface area (Å²) < 4.78 is 0. The molecule has 0 saturated carbocycles. The van der Waals surface area contributed by atoms with Gasteiger partial charge in [-0.3, -0.25) is 9.59 Å². The monoisotopic (exact) mass is 293 g/mol. The van der Waals surface area contributed by atoms with Crippen LogP contribution in [-0.4, -0.2) is 71.8 Å². The van der Waals surface area contributed by atoms with E-state index in [2.05, 4.69) is 4.90 Å². The molecule has 21 heavy (non-hydrogen) atoms. The summed E-state index contributed by atoms with van der Waals surface area (Å²) in [7, 11) is 0. The number of carbonyl (C=O) groups excluding carboxylic acids is 2. The van der Waals surface area contributed by atoms with Gasteiger partial charge in [-0.05, 0) is 51.6 Å². The first kappa shape index (κ1) is 14.8. The second-order valence-corrected chi connectivity index (χ2v) is 6.66. The standard InChI is InChI=1S/C16H27N3O2/c20-15-7-1-2-10-18(15)13-16(21)19-11-5-6-14(19)12-17-8-3-4-9-17/h14H,1-13H2/t14-/m0/s1. The Morgan fingerprint density at radius 1 is 1.00 bits per heavy atom. The lowest BCUT2D eigenvalue weighted by molar-refractivity contribution is -0.142. The predicted molar refractivity (Wildman–Crippen MR) is 80.8 cm³/mol. The normalized spacial score (nSPS) is 27.6. The molecular formula is C16H27N3O2. The van der Waals surface area contributed by atoms with Gasteiger partial charge < -0.3 is 14.7 Å². The van der Waals surface area contributed by atoms with Crippen LogP contribution in [-0.2, 0) is 9.59 Å². The minimum atomic E-state index is 0.157. The topological polar surface area (TPSA) is 43.9 Å². The number of rotatable bonds is 4. The summed E-state index contributed by atoms with van der Waals surface area (Å²) in [6.45, 7) is 5.33. The number of hydrogen-bond acceptors (Lipinski definition) is 3. The van der Waals surface area contributed by atoms with Gasteiger partial charge in [-0.2, -0.15) is 0 Å². The first-order chi connectivity index (χ1) is 10.2. The fourth-order valence-electron chi connectivity index (χ4n) is 3.90. The summed E-state index contributed by atoms with van der Waals surface area (Å²) in [6, 6.07) is 0.371. The van der Waals surface area contributed by atoms with E-state index in [0.717, 1.165) is 45.3 Å². The summed E-state index contributed by atoms with van der Waals surface area (Å²) in [4.78, 5) is 30.7. The van der Waals surface area contributed by atoms with Crippen molar-refractivity contribution < 1.29 is 9.59 Å². The van der Waals surface area contributed by atoms with Crippen molar-refractivity contribution in [3.63, 3.8) is 0 Å². The molecule has 2 amide bonds.